The van der Waals surface area contributed by atoms with Crippen molar-refractivity contribution in [2.75, 3.05) is 14.2 Å². The van der Waals surface area contributed by atoms with Gasteiger partial charge >= 0.3 is 10.2 Å². The average molecular weight is 582 g/mol. The van der Waals surface area contributed by atoms with Crippen molar-refractivity contribution in [1.29, 1.82) is 0 Å². The minimum absolute atomic E-state index is 0.0371. The van der Waals surface area contributed by atoms with Crippen molar-refractivity contribution in [1.82, 2.24) is 13.6 Å². The molecule has 3 N–H and O–H groups in total. The number of benzene rings is 2. The molecule has 0 radical (unpaired) electrons. The first-order valence-electron chi connectivity index (χ1n) is 14.5. The first-order valence-corrected chi connectivity index (χ1v) is 15.9. The van der Waals surface area contributed by atoms with Crippen molar-refractivity contribution < 1.29 is 28.2 Å². The Labute approximate surface area is 241 Å². The van der Waals surface area contributed by atoms with Gasteiger partial charge in [-0.15, -0.1) is 0 Å². The van der Waals surface area contributed by atoms with E-state index in [2.05, 4.69) is 15.4 Å². The van der Waals surface area contributed by atoms with E-state index in [0.29, 0.717) is 18.9 Å². The fourth-order valence-electron chi connectivity index (χ4n) is 7.05. The molecule has 0 spiro atoms. The van der Waals surface area contributed by atoms with E-state index in [4.69, 9.17) is 4.74 Å². The summed E-state index contributed by atoms with van der Waals surface area (Å²) >= 11 is 0. The maximum absolute atomic E-state index is 13.3. The van der Waals surface area contributed by atoms with Crippen LogP contribution >= 0.6 is 0 Å². The second-order valence-electron chi connectivity index (χ2n) is 12.3. The summed E-state index contributed by atoms with van der Waals surface area (Å²) in [4.78, 5) is 13.3. The van der Waals surface area contributed by atoms with Crippen molar-refractivity contribution in [3.05, 3.63) is 53.1 Å². The Morgan fingerprint density at radius 1 is 1.12 bits per heavy atom. The van der Waals surface area contributed by atoms with Gasteiger partial charge in [0.25, 0.3) is 5.91 Å². The maximum Gasteiger partial charge on any atom is 0.304 e. The van der Waals surface area contributed by atoms with E-state index in [9.17, 15) is 23.4 Å². The third-order valence-electron chi connectivity index (χ3n) is 9.68. The van der Waals surface area contributed by atoms with Gasteiger partial charge in [0.2, 0.25) is 0 Å². The number of ether oxygens (including phenoxy) is 1. The molecule has 2 unspecified atom stereocenters. The van der Waals surface area contributed by atoms with Crippen LogP contribution in [-0.2, 0) is 16.8 Å². The molecular weight excluding hydrogens is 542 g/mol. The molecule has 9 nitrogen and oxygen atoms in total. The van der Waals surface area contributed by atoms with E-state index in [1.54, 1.807) is 33.1 Å². The van der Waals surface area contributed by atoms with Crippen molar-refractivity contribution in [3.63, 3.8) is 0 Å². The van der Waals surface area contributed by atoms with Gasteiger partial charge < -0.3 is 19.5 Å². The molecule has 2 saturated carbocycles. The summed E-state index contributed by atoms with van der Waals surface area (Å²) in [6.45, 7) is 3.86. The van der Waals surface area contributed by atoms with Crippen LogP contribution in [0, 0.1) is 5.41 Å². The molecule has 3 aliphatic rings. The number of hydrogen-bond donors (Lipinski definition) is 3. The summed E-state index contributed by atoms with van der Waals surface area (Å²) in [7, 11) is -0.946. The summed E-state index contributed by atoms with van der Waals surface area (Å²) < 4.78 is 36.6. The maximum atomic E-state index is 13.3. The number of nitrogens with zero attached hydrogens (tertiary/aromatic N) is 2. The molecule has 2 aromatic carbocycles. The van der Waals surface area contributed by atoms with Crippen molar-refractivity contribution in [3.8, 4) is 17.0 Å². The molecule has 2 fully saturated rings. The first kappa shape index (κ1) is 28.2. The molecule has 10 heteroatoms. The molecule has 3 aromatic rings. The van der Waals surface area contributed by atoms with Crippen LogP contribution in [0.3, 0.4) is 0 Å². The lowest BCUT2D eigenvalue weighted by molar-refractivity contribution is -0.102. The Kier molecular flexibility index (Phi) is 6.96. The smallest absolute Gasteiger partial charge is 0.304 e. The number of fused-ring (bicyclic) bond motifs is 7. The van der Waals surface area contributed by atoms with E-state index in [1.165, 1.54) is 19.0 Å². The molecule has 1 amide bonds. The molecule has 220 valence electrons. The number of amides is 1. The van der Waals surface area contributed by atoms with E-state index in [-0.39, 0.29) is 17.5 Å². The highest BCUT2D eigenvalue weighted by molar-refractivity contribution is 7.87. The fraction of sp³-hybridized carbons (Fsp3) is 0.516. The molecule has 1 aliphatic heterocycles. The van der Waals surface area contributed by atoms with E-state index >= 15 is 0 Å². The zero-order valence-electron chi connectivity index (χ0n) is 24.1. The van der Waals surface area contributed by atoms with Crippen LogP contribution in [0.1, 0.15) is 85.7 Å². The molecule has 1 aromatic heterocycles. The molecule has 2 atom stereocenters. The SMILES string of the molecule is COc1ccc2c(c1)C1CC1(C(O)O)Cn1c-2c(C2CCCCC2)c2ccc(C(=O)NS(=O)(=O)N(C)C(C)C)cc21. The van der Waals surface area contributed by atoms with Gasteiger partial charge in [-0.2, -0.15) is 12.7 Å². The fourth-order valence-corrected chi connectivity index (χ4v) is 8.10. The molecule has 2 aliphatic carbocycles. The van der Waals surface area contributed by atoms with Crippen LogP contribution in [0.2, 0.25) is 0 Å². The van der Waals surface area contributed by atoms with Crippen LogP contribution in [0.5, 0.6) is 5.75 Å². The van der Waals surface area contributed by atoms with Crippen LogP contribution in [0.25, 0.3) is 22.2 Å². The lowest BCUT2D eigenvalue weighted by Crippen LogP contribution is -2.44. The molecule has 0 saturated heterocycles. The number of aromatic nitrogens is 1. The zero-order chi connectivity index (χ0) is 29.3. The molecule has 2 heterocycles. The number of carbonyl (C=O) groups excluding carboxylic acids is 1. The standard InChI is InChI=1S/C31H39N3O6S/c1-18(2)33(3)41(38,39)32-29(35)20-10-12-23-26(14-20)34-17-31(30(36)37)16-25(31)24-15-21(40-4)11-13-22(24)28(34)27(23)19-8-6-5-7-9-19/h10-15,18-19,25,30,36-37H,5-9,16-17H2,1-4H3,(H,32,35). The first-order chi connectivity index (χ1) is 19.5. The Hall–Kier alpha value is -2.92. The molecular formula is C31H39N3O6S. The van der Waals surface area contributed by atoms with Gasteiger partial charge in [-0.25, -0.2) is 4.72 Å². The largest absolute Gasteiger partial charge is 0.497 e. The lowest BCUT2D eigenvalue weighted by atomic mass is 9.81. The summed E-state index contributed by atoms with van der Waals surface area (Å²) in [5.41, 5.74) is 4.67. The number of methoxy groups -OCH3 is 1. The molecule has 6 rings (SSSR count). The third-order valence-corrected chi connectivity index (χ3v) is 11.3. The van der Waals surface area contributed by atoms with Crippen molar-refractivity contribution >= 4 is 27.0 Å². The number of nitrogens with one attached hydrogen (secondary N) is 1. The monoisotopic (exact) mass is 581 g/mol. The second kappa shape index (κ2) is 10.1. The van der Waals surface area contributed by atoms with Gasteiger partial charge in [0.05, 0.1) is 12.8 Å². The van der Waals surface area contributed by atoms with Crippen LogP contribution in [0.4, 0.5) is 0 Å². The van der Waals surface area contributed by atoms with Gasteiger partial charge in [-0.05, 0) is 86.4 Å². The predicted octanol–water partition coefficient (Wildman–Crippen LogP) is 4.48. The second-order valence-corrected chi connectivity index (χ2v) is 14.0. The van der Waals surface area contributed by atoms with Gasteiger partial charge in [0.15, 0.2) is 6.29 Å². The number of aliphatic hydroxyl groups is 2. The summed E-state index contributed by atoms with van der Waals surface area (Å²) in [5.74, 6) is 0.327. The van der Waals surface area contributed by atoms with Crippen LogP contribution < -0.4 is 9.46 Å². The quantitative estimate of drug-likeness (QED) is 0.354. The number of aliphatic hydroxyl groups excluding tert-OH is 1. The Morgan fingerprint density at radius 2 is 1.85 bits per heavy atom. The Balaban J connectivity index is 1.56. The summed E-state index contributed by atoms with van der Waals surface area (Å²) in [6, 6.07) is 11.1. The Morgan fingerprint density at radius 3 is 2.51 bits per heavy atom. The average Bonchev–Trinajstić information content (AvgIpc) is 3.63. The number of hydrogen-bond acceptors (Lipinski definition) is 6. The van der Waals surface area contributed by atoms with E-state index in [1.807, 2.05) is 18.2 Å². The summed E-state index contributed by atoms with van der Waals surface area (Å²) in [6.07, 6.45) is 4.75. The number of rotatable bonds is 7. The van der Waals surface area contributed by atoms with E-state index in [0.717, 1.165) is 63.5 Å². The van der Waals surface area contributed by atoms with Gasteiger partial charge in [0.1, 0.15) is 5.75 Å². The highest BCUT2D eigenvalue weighted by Crippen LogP contribution is 2.66. The molecule has 0 bridgehead atoms. The van der Waals surface area contributed by atoms with E-state index < -0.39 is 27.8 Å². The van der Waals surface area contributed by atoms with Gasteiger partial charge in [-0.1, -0.05) is 25.3 Å². The normalized spacial score (nSPS) is 22.4. The highest BCUT2D eigenvalue weighted by atomic mass is 32.2. The highest BCUT2D eigenvalue weighted by Gasteiger charge is 2.61. The number of carbonyl (C=O) groups is 1. The van der Waals surface area contributed by atoms with Crippen molar-refractivity contribution in [2.45, 2.75) is 83.1 Å². The van der Waals surface area contributed by atoms with Crippen molar-refractivity contribution in [2.24, 2.45) is 5.41 Å². The molecule has 41 heavy (non-hydrogen) atoms. The minimum Gasteiger partial charge on any atom is -0.497 e. The van der Waals surface area contributed by atoms with Crippen LogP contribution in [0.15, 0.2) is 36.4 Å². The lowest BCUT2D eigenvalue weighted by Gasteiger charge is -2.24. The minimum atomic E-state index is -4.02. The van der Waals surface area contributed by atoms with Crippen LogP contribution in [-0.4, -0.2) is 59.9 Å². The van der Waals surface area contributed by atoms with Gasteiger partial charge in [0, 0.05) is 47.1 Å². The Bertz CT molecular complexity index is 1620. The summed E-state index contributed by atoms with van der Waals surface area (Å²) in [5, 5.41) is 22.3. The third kappa shape index (κ3) is 4.56. The van der Waals surface area contributed by atoms with Gasteiger partial charge in [-0.3, -0.25) is 4.79 Å². The topological polar surface area (TPSA) is 121 Å². The predicted molar refractivity (Wildman–Crippen MR) is 157 cm³/mol. The zero-order valence-corrected chi connectivity index (χ0v) is 24.9.